The first-order chi connectivity index (χ1) is 19.7. The van der Waals surface area contributed by atoms with Crippen molar-refractivity contribution in [1.82, 2.24) is 14.9 Å². The summed E-state index contributed by atoms with van der Waals surface area (Å²) in [6.45, 7) is 4.61. The molecule has 1 aliphatic carbocycles. The Labute approximate surface area is 235 Å². The molecule has 2 saturated heterocycles. The summed E-state index contributed by atoms with van der Waals surface area (Å²) in [6, 6.07) is 3.29. The molecular weight excluding hydrogens is 539 g/mol. The number of carbonyl (C=O) groups is 3. The average molecular weight is 573 g/mol. The molecule has 6 rings (SSSR count). The van der Waals surface area contributed by atoms with Gasteiger partial charge >= 0.3 is 6.09 Å². The first kappa shape index (κ1) is 28.5. The molecule has 0 radical (unpaired) electrons. The van der Waals surface area contributed by atoms with Gasteiger partial charge in [0.05, 0.1) is 12.7 Å². The van der Waals surface area contributed by atoms with Crippen LogP contribution in [0.4, 0.5) is 20.8 Å². The van der Waals surface area contributed by atoms with Crippen molar-refractivity contribution in [3.63, 3.8) is 0 Å². The highest BCUT2D eigenvalue weighted by atomic mass is 19.1. The standard InChI is InChI=1S/C26H31FN6O5.CH2O2/c1-15(28)12-36-18-8-17-6-16(7-19(17)20(27)9-18)11-32-4-2-26(3-5-32)14-33(25(35)38-26)21-10-29-24-23(30-21)31-22(34)13-37-24;2-1-3/h8-10,15-16H,2-7,11-14,28H2,1H3,(H,30,31,34);1H,(H,2,3)/t15-,16?;/m1./s1. The van der Waals surface area contributed by atoms with Gasteiger partial charge in [0.1, 0.15) is 23.8 Å². The number of hydrogen-bond acceptors (Lipinski definition) is 10. The molecule has 1 aromatic heterocycles. The van der Waals surface area contributed by atoms with Gasteiger partial charge in [-0.2, -0.15) is 0 Å². The predicted octanol–water partition coefficient (Wildman–Crippen LogP) is 1.58. The maximum atomic E-state index is 14.7. The number of nitrogens with one attached hydrogen (secondary N) is 1. The van der Waals surface area contributed by atoms with Crippen LogP contribution in [-0.2, 0) is 27.2 Å². The lowest BCUT2D eigenvalue weighted by Gasteiger charge is -2.38. The third-order valence-corrected chi connectivity index (χ3v) is 7.63. The number of anilines is 2. The molecule has 0 bridgehead atoms. The molecule has 1 spiro atoms. The predicted molar refractivity (Wildman–Crippen MR) is 144 cm³/mol. The molecule has 41 heavy (non-hydrogen) atoms. The first-order valence-electron chi connectivity index (χ1n) is 13.5. The lowest BCUT2D eigenvalue weighted by atomic mass is 9.90. The molecule has 4 N–H and O–H groups in total. The topological polar surface area (TPSA) is 169 Å². The van der Waals surface area contributed by atoms with Crippen LogP contribution in [0, 0.1) is 11.7 Å². The number of ether oxygens (including phenoxy) is 3. The minimum atomic E-state index is -0.595. The number of hydrogen-bond donors (Lipinski definition) is 3. The molecule has 3 aliphatic heterocycles. The van der Waals surface area contributed by atoms with Crippen molar-refractivity contribution in [3.05, 3.63) is 35.3 Å². The Morgan fingerprint density at radius 1 is 1.32 bits per heavy atom. The third kappa shape index (κ3) is 6.33. The van der Waals surface area contributed by atoms with Crippen LogP contribution in [-0.4, -0.2) is 89.5 Å². The highest BCUT2D eigenvalue weighted by molar-refractivity contribution is 5.94. The highest BCUT2D eigenvalue weighted by Crippen LogP contribution is 2.38. The minimum Gasteiger partial charge on any atom is -0.492 e. The Hall–Kier alpha value is -4.04. The monoisotopic (exact) mass is 572 g/mol. The Bertz CT molecular complexity index is 1320. The highest BCUT2D eigenvalue weighted by Gasteiger charge is 2.48. The average Bonchev–Trinajstić information content (AvgIpc) is 3.49. The van der Waals surface area contributed by atoms with E-state index in [2.05, 4.69) is 20.2 Å². The molecule has 14 heteroatoms. The van der Waals surface area contributed by atoms with Crippen LogP contribution in [0.15, 0.2) is 18.3 Å². The van der Waals surface area contributed by atoms with Crippen molar-refractivity contribution in [2.75, 3.05) is 49.6 Å². The number of rotatable bonds is 6. The number of fused-ring (bicyclic) bond motifs is 2. The zero-order valence-electron chi connectivity index (χ0n) is 22.7. The number of halogens is 1. The van der Waals surface area contributed by atoms with Crippen LogP contribution < -0.4 is 25.4 Å². The van der Waals surface area contributed by atoms with Crippen LogP contribution in [0.25, 0.3) is 0 Å². The van der Waals surface area contributed by atoms with Gasteiger partial charge in [0, 0.05) is 44.6 Å². The molecule has 13 nitrogen and oxygen atoms in total. The molecule has 4 heterocycles. The van der Waals surface area contributed by atoms with Gasteiger partial charge < -0.3 is 35.3 Å². The van der Waals surface area contributed by atoms with Crippen LogP contribution in [0.2, 0.25) is 0 Å². The van der Waals surface area contributed by atoms with Gasteiger partial charge in [-0.15, -0.1) is 0 Å². The van der Waals surface area contributed by atoms with E-state index in [4.69, 9.17) is 29.8 Å². The van der Waals surface area contributed by atoms with Crippen molar-refractivity contribution in [1.29, 1.82) is 0 Å². The van der Waals surface area contributed by atoms with Gasteiger partial charge in [-0.3, -0.25) is 14.5 Å². The van der Waals surface area contributed by atoms with E-state index >= 15 is 0 Å². The molecule has 2 amide bonds. The van der Waals surface area contributed by atoms with E-state index in [1.54, 1.807) is 0 Å². The molecule has 2 fully saturated rings. The summed E-state index contributed by atoms with van der Waals surface area (Å²) in [6.07, 6.45) is 3.88. The lowest BCUT2D eigenvalue weighted by molar-refractivity contribution is -0.123. The van der Waals surface area contributed by atoms with E-state index in [1.807, 2.05) is 13.0 Å². The smallest absolute Gasteiger partial charge is 0.416 e. The fourth-order valence-electron chi connectivity index (χ4n) is 5.74. The number of likely N-dealkylation sites (tertiary alicyclic amines) is 1. The Balaban J connectivity index is 0.00000108. The molecule has 2 atom stereocenters. The summed E-state index contributed by atoms with van der Waals surface area (Å²) < 4.78 is 31.5. The van der Waals surface area contributed by atoms with Crippen molar-refractivity contribution in [2.24, 2.45) is 11.7 Å². The zero-order chi connectivity index (χ0) is 29.1. The van der Waals surface area contributed by atoms with E-state index in [9.17, 15) is 14.0 Å². The first-order valence-corrected chi connectivity index (χ1v) is 13.5. The number of piperidine rings is 1. The van der Waals surface area contributed by atoms with E-state index < -0.39 is 11.7 Å². The molecule has 0 saturated carbocycles. The normalized spacial score (nSPS) is 21.5. The van der Waals surface area contributed by atoms with E-state index in [0.29, 0.717) is 49.9 Å². The lowest BCUT2D eigenvalue weighted by Crippen LogP contribution is -2.48. The number of carboxylic acid groups (broad SMARTS) is 1. The number of nitrogens with zero attached hydrogens (tertiary/aromatic N) is 4. The molecule has 2 aromatic rings. The Morgan fingerprint density at radius 2 is 2.07 bits per heavy atom. The second-order valence-electron chi connectivity index (χ2n) is 10.9. The van der Waals surface area contributed by atoms with Gasteiger partial charge in [-0.25, -0.2) is 19.2 Å². The molecule has 4 aliphatic rings. The summed E-state index contributed by atoms with van der Waals surface area (Å²) >= 11 is 0. The molecule has 220 valence electrons. The molecule has 1 aromatic carbocycles. The number of amides is 2. The summed E-state index contributed by atoms with van der Waals surface area (Å²) in [5.41, 5.74) is 6.95. The van der Waals surface area contributed by atoms with Crippen molar-refractivity contribution in [3.8, 4) is 11.6 Å². The van der Waals surface area contributed by atoms with Gasteiger partial charge in [-0.05, 0) is 42.9 Å². The maximum absolute atomic E-state index is 14.7. The quantitative estimate of drug-likeness (QED) is 0.430. The number of carbonyl (C=O) groups excluding carboxylic acids is 2. The molecular formula is C27H33FN6O7. The Kier molecular flexibility index (Phi) is 8.22. The summed E-state index contributed by atoms with van der Waals surface area (Å²) in [7, 11) is 0. The second-order valence-corrected chi connectivity index (χ2v) is 10.9. The fourth-order valence-corrected chi connectivity index (χ4v) is 5.74. The largest absolute Gasteiger partial charge is 0.492 e. The van der Waals surface area contributed by atoms with Crippen LogP contribution >= 0.6 is 0 Å². The van der Waals surface area contributed by atoms with Crippen LogP contribution in [0.1, 0.15) is 30.9 Å². The summed E-state index contributed by atoms with van der Waals surface area (Å²) in [5.74, 6) is 1.06. The fraction of sp³-hybridized carbons (Fsp3) is 0.519. The van der Waals surface area contributed by atoms with Crippen molar-refractivity contribution >= 4 is 30.1 Å². The second kappa shape index (κ2) is 11.8. The van der Waals surface area contributed by atoms with Crippen LogP contribution in [0.5, 0.6) is 11.6 Å². The number of benzene rings is 1. The van der Waals surface area contributed by atoms with E-state index in [0.717, 1.165) is 37.2 Å². The number of aromatic nitrogens is 2. The van der Waals surface area contributed by atoms with E-state index in [-0.39, 0.29) is 42.5 Å². The van der Waals surface area contributed by atoms with Crippen molar-refractivity contribution < 1.29 is 38.1 Å². The maximum Gasteiger partial charge on any atom is 0.416 e. The van der Waals surface area contributed by atoms with Gasteiger partial charge in [0.15, 0.2) is 18.2 Å². The third-order valence-electron chi connectivity index (χ3n) is 7.63. The zero-order valence-corrected chi connectivity index (χ0v) is 22.7. The summed E-state index contributed by atoms with van der Waals surface area (Å²) in [4.78, 5) is 45.1. The van der Waals surface area contributed by atoms with E-state index in [1.165, 1.54) is 17.2 Å². The summed E-state index contributed by atoms with van der Waals surface area (Å²) in [5, 5.41) is 9.50. The van der Waals surface area contributed by atoms with Crippen molar-refractivity contribution in [2.45, 2.75) is 44.2 Å². The van der Waals surface area contributed by atoms with Gasteiger partial charge in [-0.1, -0.05) is 0 Å². The Morgan fingerprint density at radius 3 is 2.80 bits per heavy atom. The SMILES string of the molecule is C[C@@H](N)COc1cc(F)c2c(c1)CC(CN1CCC3(CC1)CN(c1cnc4c(n1)NC(=O)CO4)C(=O)O3)C2.O=CO. The molecule has 1 unspecified atom stereocenters. The number of nitrogens with two attached hydrogens (primary N) is 1. The van der Waals surface area contributed by atoms with Crippen LogP contribution in [0.3, 0.4) is 0 Å². The minimum absolute atomic E-state index is 0.113. The van der Waals surface area contributed by atoms with Gasteiger partial charge in [0.25, 0.3) is 18.3 Å². The van der Waals surface area contributed by atoms with Gasteiger partial charge in [0.2, 0.25) is 0 Å².